The van der Waals surface area contributed by atoms with Crippen LogP contribution in [0.4, 0.5) is 5.82 Å². The first-order chi connectivity index (χ1) is 9.86. The number of fused-ring (bicyclic) bond motifs is 1. The number of rotatable bonds is 4. The molecule has 0 atom stereocenters. The van der Waals surface area contributed by atoms with E-state index >= 15 is 0 Å². The zero-order valence-electron chi connectivity index (χ0n) is 11.4. The van der Waals surface area contributed by atoms with Crippen molar-refractivity contribution in [2.45, 2.75) is 25.7 Å². The highest BCUT2D eigenvalue weighted by molar-refractivity contribution is 5.86. The van der Waals surface area contributed by atoms with Crippen LogP contribution in [0.25, 0.3) is 10.9 Å². The number of aromatic nitrogens is 1. The van der Waals surface area contributed by atoms with E-state index in [0.717, 1.165) is 29.7 Å². The second kappa shape index (κ2) is 5.75. The fraction of sp³-hybridized carbons (Fsp3) is 0.294. The quantitative estimate of drug-likeness (QED) is 0.847. The minimum atomic E-state index is 0.679. The van der Waals surface area contributed by atoms with Crippen LogP contribution in [0.1, 0.15) is 31.2 Å². The lowest BCUT2D eigenvalue weighted by Gasteiger charge is -2.08. The van der Waals surface area contributed by atoms with Gasteiger partial charge >= 0.3 is 0 Å². The van der Waals surface area contributed by atoms with E-state index in [1.54, 1.807) is 5.57 Å². The van der Waals surface area contributed by atoms with Gasteiger partial charge in [-0.05, 0) is 37.8 Å². The Bertz CT molecular complexity index is 695. The molecule has 0 spiro atoms. The predicted molar refractivity (Wildman–Crippen MR) is 81.5 cm³/mol. The summed E-state index contributed by atoms with van der Waals surface area (Å²) < 4.78 is 0. The number of pyridine rings is 1. The minimum absolute atomic E-state index is 0.679. The Kier molecular flexibility index (Phi) is 3.64. The summed E-state index contributed by atoms with van der Waals surface area (Å²) in [6, 6.07) is 11.9. The van der Waals surface area contributed by atoms with Crippen LogP contribution < -0.4 is 5.32 Å². The predicted octanol–water partition coefficient (Wildman–Crippen LogP) is 4.02. The van der Waals surface area contributed by atoms with Crippen molar-refractivity contribution in [2.24, 2.45) is 0 Å². The third kappa shape index (κ3) is 2.65. The molecule has 0 aliphatic heterocycles. The van der Waals surface area contributed by atoms with E-state index < -0.39 is 0 Å². The highest BCUT2D eigenvalue weighted by Gasteiger charge is 2.06. The van der Waals surface area contributed by atoms with Gasteiger partial charge < -0.3 is 5.32 Å². The van der Waals surface area contributed by atoms with Crippen molar-refractivity contribution in [3.8, 4) is 6.07 Å². The van der Waals surface area contributed by atoms with Crippen molar-refractivity contribution in [2.75, 3.05) is 11.9 Å². The van der Waals surface area contributed by atoms with Crippen molar-refractivity contribution < 1.29 is 0 Å². The van der Waals surface area contributed by atoms with E-state index in [9.17, 15) is 5.26 Å². The van der Waals surface area contributed by atoms with Crippen molar-refractivity contribution >= 4 is 16.7 Å². The van der Waals surface area contributed by atoms with Gasteiger partial charge in [-0.1, -0.05) is 29.8 Å². The molecule has 2 aromatic rings. The van der Waals surface area contributed by atoms with Gasteiger partial charge in [0.05, 0.1) is 17.1 Å². The van der Waals surface area contributed by atoms with E-state index in [0.29, 0.717) is 5.56 Å². The molecule has 1 heterocycles. The van der Waals surface area contributed by atoms with Crippen LogP contribution >= 0.6 is 0 Å². The summed E-state index contributed by atoms with van der Waals surface area (Å²) in [6.45, 7) is 0.877. The molecule has 0 unspecified atom stereocenters. The highest BCUT2D eigenvalue weighted by atomic mass is 15.0. The Balaban J connectivity index is 1.76. The lowest BCUT2D eigenvalue weighted by atomic mass is 10.1. The van der Waals surface area contributed by atoms with Crippen LogP contribution in [-0.2, 0) is 0 Å². The van der Waals surface area contributed by atoms with Crippen molar-refractivity contribution in [3.05, 3.63) is 47.5 Å². The fourth-order valence-electron chi connectivity index (χ4n) is 2.67. The third-order valence-electron chi connectivity index (χ3n) is 3.72. The number of hydrogen-bond acceptors (Lipinski definition) is 3. The van der Waals surface area contributed by atoms with Gasteiger partial charge in [0.1, 0.15) is 5.82 Å². The molecule has 0 amide bonds. The molecule has 1 aromatic heterocycles. The summed E-state index contributed by atoms with van der Waals surface area (Å²) >= 11 is 0. The Morgan fingerprint density at radius 2 is 2.20 bits per heavy atom. The monoisotopic (exact) mass is 263 g/mol. The Morgan fingerprint density at radius 1 is 1.30 bits per heavy atom. The number of hydrogen-bond donors (Lipinski definition) is 1. The maximum Gasteiger partial charge on any atom is 0.127 e. The first-order valence-corrected chi connectivity index (χ1v) is 7.08. The van der Waals surface area contributed by atoms with Crippen LogP contribution in [0.3, 0.4) is 0 Å². The molecule has 0 saturated carbocycles. The molecule has 0 radical (unpaired) electrons. The van der Waals surface area contributed by atoms with Crippen LogP contribution in [0.15, 0.2) is 42.0 Å². The van der Waals surface area contributed by atoms with Crippen molar-refractivity contribution in [1.82, 2.24) is 4.98 Å². The van der Waals surface area contributed by atoms with Gasteiger partial charge in [0.2, 0.25) is 0 Å². The molecule has 1 aromatic carbocycles. The zero-order chi connectivity index (χ0) is 13.8. The van der Waals surface area contributed by atoms with E-state index in [-0.39, 0.29) is 0 Å². The van der Waals surface area contributed by atoms with Crippen LogP contribution in [-0.4, -0.2) is 11.5 Å². The van der Waals surface area contributed by atoms with Crippen LogP contribution in [0.5, 0.6) is 0 Å². The van der Waals surface area contributed by atoms with Crippen molar-refractivity contribution in [3.63, 3.8) is 0 Å². The average molecular weight is 263 g/mol. The minimum Gasteiger partial charge on any atom is -0.370 e. The maximum atomic E-state index is 9.24. The summed E-state index contributed by atoms with van der Waals surface area (Å²) in [5, 5.41) is 13.5. The van der Waals surface area contributed by atoms with E-state index in [4.69, 9.17) is 0 Å². The molecule has 1 aliphatic carbocycles. The standard InChI is InChI=1S/C17H17N3/c18-12-14-11-17(19-10-9-13-5-1-2-6-13)20-16-8-4-3-7-15(14)16/h3-5,7-8,11H,1-2,6,9-10H2,(H,19,20). The Labute approximate surface area is 118 Å². The Hall–Kier alpha value is -2.34. The Morgan fingerprint density at radius 3 is 3.00 bits per heavy atom. The molecule has 100 valence electrons. The molecule has 3 heteroatoms. The number of allylic oxidation sites excluding steroid dienone is 1. The molecule has 20 heavy (non-hydrogen) atoms. The largest absolute Gasteiger partial charge is 0.370 e. The number of para-hydroxylation sites is 1. The van der Waals surface area contributed by atoms with E-state index in [1.165, 1.54) is 19.3 Å². The van der Waals surface area contributed by atoms with Gasteiger partial charge in [-0.3, -0.25) is 0 Å². The second-order valence-corrected chi connectivity index (χ2v) is 5.12. The summed E-state index contributed by atoms with van der Waals surface area (Å²) in [5.41, 5.74) is 3.09. The fourth-order valence-corrected chi connectivity index (χ4v) is 2.67. The smallest absolute Gasteiger partial charge is 0.127 e. The molecule has 0 fully saturated rings. The first kappa shape index (κ1) is 12.7. The molecule has 1 aliphatic rings. The maximum absolute atomic E-state index is 9.24. The topological polar surface area (TPSA) is 48.7 Å². The molecule has 3 nitrogen and oxygen atoms in total. The second-order valence-electron chi connectivity index (χ2n) is 5.12. The summed E-state index contributed by atoms with van der Waals surface area (Å²) in [6.07, 6.45) is 7.16. The zero-order valence-corrected chi connectivity index (χ0v) is 11.4. The average Bonchev–Trinajstić information content (AvgIpc) is 2.99. The van der Waals surface area contributed by atoms with Gasteiger partial charge in [-0.2, -0.15) is 5.26 Å². The van der Waals surface area contributed by atoms with Gasteiger partial charge in [0.15, 0.2) is 0 Å². The number of nitrogens with one attached hydrogen (secondary N) is 1. The van der Waals surface area contributed by atoms with E-state index in [2.05, 4.69) is 22.4 Å². The van der Waals surface area contributed by atoms with Gasteiger partial charge in [-0.25, -0.2) is 4.98 Å². The summed E-state index contributed by atoms with van der Waals surface area (Å²) in [4.78, 5) is 4.57. The lowest BCUT2D eigenvalue weighted by Crippen LogP contribution is -2.04. The van der Waals surface area contributed by atoms with E-state index in [1.807, 2.05) is 30.3 Å². The van der Waals surface area contributed by atoms with Crippen LogP contribution in [0, 0.1) is 11.3 Å². The molecule has 0 bridgehead atoms. The molecule has 3 rings (SSSR count). The molecular formula is C17H17N3. The number of nitriles is 1. The summed E-state index contributed by atoms with van der Waals surface area (Å²) in [7, 11) is 0. The van der Waals surface area contributed by atoms with Gasteiger partial charge in [-0.15, -0.1) is 0 Å². The van der Waals surface area contributed by atoms with Gasteiger partial charge in [0.25, 0.3) is 0 Å². The summed E-state index contributed by atoms with van der Waals surface area (Å²) in [5.74, 6) is 0.791. The molecule has 1 N–H and O–H groups in total. The number of anilines is 1. The number of nitrogens with zero attached hydrogens (tertiary/aromatic N) is 2. The van der Waals surface area contributed by atoms with Gasteiger partial charge in [0, 0.05) is 11.9 Å². The lowest BCUT2D eigenvalue weighted by molar-refractivity contribution is 0.862. The van der Waals surface area contributed by atoms with Crippen LogP contribution in [0.2, 0.25) is 0 Å². The highest BCUT2D eigenvalue weighted by Crippen LogP contribution is 2.22. The number of benzene rings is 1. The molecular weight excluding hydrogens is 246 g/mol. The molecule has 0 saturated heterocycles. The SMILES string of the molecule is N#Cc1cc(NCCC2=CCCC2)nc2ccccc12. The third-order valence-corrected chi connectivity index (χ3v) is 3.72. The first-order valence-electron chi connectivity index (χ1n) is 7.08. The normalized spacial score (nSPS) is 14.1. The van der Waals surface area contributed by atoms with Crippen molar-refractivity contribution in [1.29, 1.82) is 5.26 Å².